The first-order chi connectivity index (χ1) is 54.1. The molecule has 2 aliphatic rings. The molecule has 5 aromatic heterocycles. The molecule has 6 nitrogen and oxygen atoms in total. The van der Waals surface area contributed by atoms with Gasteiger partial charge in [-0.15, -0.1) is 0 Å². The lowest BCUT2D eigenvalue weighted by atomic mass is 9.88. The van der Waals surface area contributed by atoms with E-state index in [9.17, 15) is 5.26 Å². The second-order valence-electron chi connectivity index (χ2n) is 29.0. The van der Waals surface area contributed by atoms with Gasteiger partial charge < -0.3 is 18.3 Å². The SMILES string of the molecule is N#Cc1c(-n2c3ccccc3c3cc(-c4ccccc4)ccc32)c(-n2c3ccccc3c3cc(-c4ccccc4)ccc32)c(-c2cccc3c2-c2ccccc2[Si]32c3ccccc3-c3ccncc32)c(-n2c3ccccc3c3cc(-c4ccccc4)ccc32)c1-n1c2ccccc2c2cc(-c3ccccc3)ccc21. The summed E-state index contributed by atoms with van der Waals surface area (Å²) in [6.45, 7) is 0. The van der Waals surface area contributed by atoms with Crippen LogP contribution in [-0.4, -0.2) is 31.3 Å². The van der Waals surface area contributed by atoms with Crippen LogP contribution in [0.4, 0.5) is 0 Å². The smallest absolute Gasteiger partial charge is 0.183 e. The van der Waals surface area contributed by atoms with Gasteiger partial charge in [-0.05, 0) is 172 Å². The predicted molar refractivity (Wildman–Crippen MR) is 455 cm³/mol. The van der Waals surface area contributed by atoms with Gasteiger partial charge in [-0.1, -0.05) is 285 Å². The number of rotatable bonds is 9. The van der Waals surface area contributed by atoms with Gasteiger partial charge in [0.2, 0.25) is 0 Å². The predicted octanol–water partition coefficient (Wildman–Crippen LogP) is 23.0. The van der Waals surface area contributed by atoms with Crippen molar-refractivity contribution < 1.29 is 0 Å². The second-order valence-corrected chi connectivity index (χ2v) is 32.7. The second kappa shape index (κ2) is 23.5. The average molecular weight is 1400 g/mol. The van der Waals surface area contributed by atoms with Gasteiger partial charge in [-0.3, -0.25) is 4.98 Å². The largest absolute Gasteiger partial charge is 0.306 e. The summed E-state index contributed by atoms with van der Waals surface area (Å²) in [6, 6.07) is 138. The molecule has 0 saturated carbocycles. The molecule has 7 heteroatoms. The summed E-state index contributed by atoms with van der Waals surface area (Å²) in [5.74, 6) is 0. The Hall–Kier alpha value is -14.4. The Kier molecular flexibility index (Phi) is 13.2. The third kappa shape index (κ3) is 8.57. The molecular formula is C102H62N6Si. The van der Waals surface area contributed by atoms with E-state index < -0.39 is 8.07 Å². The fourth-order valence-corrected chi connectivity index (χ4v) is 24.8. The first-order valence-corrected chi connectivity index (χ1v) is 39.4. The van der Waals surface area contributed by atoms with Crippen molar-refractivity contribution in [3.63, 3.8) is 0 Å². The number of hydrogen-bond acceptors (Lipinski definition) is 2. The standard InChI is InChI=1S/C102H62N6Si/c103-62-84-99(105-85-41-19-13-34-72(85)80-58-68(48-52-89(80)105)64-26-5-1-6-27-64)101(107-87-43-21-15-36-74(87)82-60-70(50-54-91(82)107)66-30-9-3-10-31-66)98(79-40-25-47-95-97(79)78-39-18-24-46-94(78)109(95)93-45-23-17-38-76(93)77-56-57-104-63-96(77)109)102(108-88-44-22-16-37-75(88)83-61-71(51-55-92(83)108)67-32-11-4-12-33-67)100(84)106-86-42-20-14-35-73(86)81-59-69(49-53-90(81)106)65-28-7-2-8-29-65/h1-61,63H. The summed E-state index contributed by atoms with van der Waals surface area (Å²) in [4.78, 5) is 5.08. The third-order valence-corrected chi connectivity index (χ3v) is 28.6. The van der Waals surface area contributed by atoms with Crippen LogP contribution in [0.15, 0.2) is 376 Å². The molecule has 504 valence electrons. The molecule has 16 aromatic carbocycles. The number of fused-ring (bicyclic) bond motifs is 22. The number of hydrogen-bond donors (Lipinski definition) is 0. The van der Waals surface area contributed by atoms with E-state index in [2.05, 4.69) is 395 Å². The summed E-state index contributed by atoms with van der Waals surface area (Å²) in [5.41, 5.74) is 27.4. The van der Waals surface area contributed by atoms with Crippen LogP contribution in [0.2, 0.25) is 0 Å². The highest BCUT2D eigenvalue weighted by atomic mass is 28.3. The fraction of sp³-hybridized carbons (Fsp3) is 0. The van der Waals surface area contributed by atoms with Gasteiger partial charge in [0.15, 0.2) is 8.07 Å². The first kappa shape index (κ1) is 60.9. The topological polar surface area (TPSA) is 56.4 Å². The number of para-hydroxylation sites is 4. The van der Waals surface area contributed by atoms with Crippen molar-refractivity contribution in [1.82, 2.24) is 23.3 Å². The third-order valence-electron chi connectivity index (χ3n) is 23.7. The van der Waals surface area contributed by atoms with Crippen molar-refractivity contribution in [3.05, 3.63) is 382 Å². The molecule has 0 fully saturated rings. The van der Waals surface area contributed by atoms with Crippen LogP contribution in [0.1, 0.15) is 5.56 Å². The van der Waals surface area contributed by atoms with Crippen LogP contribution in [0, 0.1) is 11.3 Å². The first-order valence-electron chi connectivity index (χ1n) is 37.4. The minimum atomic E-state index is -3.24. The number of aromatic nitrogens is 5. The Morgan fingerprint density at radius 1 is 0.229 bits per heavy atom. The zero-order chi connectivity index (χ0) is 71.6. The minimum absolute atomic E-state index is 0.501. The van der Waals surface area contributed by atoms with E-state index in [0.29, 0.717) is 5.56 Å². The van der Waals surface area contributed by atoms with Crippen molar-refractivity contribution in [2.75, 3.05) is 0 Å². The van der Waals surface area contributed by atoms with Gasteiger partial charge in [0.05, 0.1) is 66.9 Å². The van der Waals surface area contributed by atoms with E-state index in [0.717, 1.165) is 166 Å². The van der Waals surface area contributed by atoms with Crippen molar-refractivity contribution >= 4 is 116 Å². The van der Waals surface area contributed by atoms with Gasteiger partial charge in [-0.25, -0.2) is 0 Å². The van der Waals surface area contributed by atoms with Crippen LogP contribution in [0.25, 0.3) is 188 Å². The Balaban J connectivity index is 1.01. The van der Waals surface area contributed by atoms with Gasteiger partial charge in [0.1, 0.15) is 11.6 Å². The lowest BCUT2D eigenvalue weighted by Gasteiger charge is -2.30. The Labute approximate surface area is 629 Å². The van der Waals surface area contributed by atoms with Gasteiger partial charge >= 0.3 is 0 Å². The maximum Gasteiger partial charge on any atom is 0.183 e. The summed E-state index contributed by atoms with van der Waals surface area (Å²) in [6.07, 6.45) is 4.16. The van der Waals surface area contributed by atoms with Crippen molar-refractivity contribution in [3.8, 4) is 107 Å². The molecule has 1 spiro atoms. The van der Waals surface area contributed by atoms with Crippen LogP contribution >= 0.6 is 0 Å². The maximum atomic E-state index is 13.9. The molecule has 0 radical (unpaired) electrons. The average Bonchev–Trinajstić information content (AvgIpc) is 1.51. The van der Waals surface area contributed by atoms with Crippen molar-refractivity contribution in [2.45, 2.75) is 0 Å². The molecule has 7 heterocycles. The summed E-state index contributed by atoms with van der Waals surface area (Å²) < 4.78 is 10.1. The zero-order valence-corrected chi connectivity index (χ0v) is 60.0. The molecule has 1 atom stereocenters. The molecular weight excluding hydrogens is 1340 g/mol. The lowest BCUT2D eigenvalue weighted by Crippen LogP contribution is -2.70. The van der Waals surface area contributed by atoms with Crippen LogP contribution in [-0.2, 0) is 0 Å². The lowest BCUT2D eigenvalue weighted by molar-refractivity contribution is 1.04. The van der Waals surface area contributed by atoms with E-state index in [1.807, 2.05) is 6.20 Å². The number of benzene rings is 16. The van der Waals surface area contributed by atoms with E-state index in [1.165, 1.54) is 43.0 Å². The Morgan fingerprint density at radius 2 is 0.541 bits per heavy atom. The summed E-state index contributed by atoms with van der Waals surface area (Å²) in [5, 5.41) is 27.8. The molecule has 1 unspecified atom stereocenters. The summed E-state index contributed by atoms with van der Waals surface area (Å²) >= 11 is 0. The molecule has 0 aliphatic carbocycles. The van der Waals surface area contributed by atoms with Crippen molar-refractivity contribution in [1.29, 1.82) is 5.26 Å². The van der Waals surface area contributed by atoms with E-state index in [1.54, 1.807) is 0 Å². The zero-order valence-electron chi connectivity index (χ0n) is 59.0. The molecule has 0 saturated heterocycles. The fourth-order valence-electron chi connectivity index (χ4n) is 19.3. The van der Waals surface area contributed by atoms with Crippen LogP contribution in [0.5, 0.6) is 0 Å². The van der Waals surface area contributed by atoms with Crippen molar-refractivity contribution in [2.24, 2.45) is 0 Å². The molecule has 0 N–H and O–H groups in total. The molecule has 0 amide bonds. The Morgan fingerprint density at radius 3 is 0.945 bits per heavy atom. The van der Waals surface area contributed by atoms with E-state index in [4.69, 9.17) is 4.98 Å². The molecule has 0 bridgehead atoms. The molecule has 23 rings (SSSR count). The highest BCUT2D eigenvalue weighted by molar-refractivity contribution is 7.24. The van der Waals surface area contributed by atoms with E-state index >= 15 is 0 Å². The van der Waals surface area contributed by atoms with Gasteiger partial charge in [0.25, 0.3) is 0 Å². The van der Waals surface area contributed by atoms with Crippen LogP contribution in [0.3, 0.4) is 0 Å². The number of pyridine rings is 1. The molecule has 21 aromatic rings. The Bertz CT molecular complexity index is 7090. The highest BCUT2D eigenvalue weighted by Crippen LogP contribution is 2.55. The normalized spacial score (nSPS) is 13.5. The quantitative estimate of drug-likeness (QED) is 0.135. The molecule has 2 aliphatic heterocycles. The maximum absolute atomic E-state index is 13.9. The van der Waals surface area contributed by atoms with Gasteiger partial charge in [-0.2, -0.15) is 5.26 Å². The highest BCUT2D eigenvalue weighted by Gasteiger charge is 2.55. The van der Waals surface area contributed by atoms with Crippen LogP contribution < -0.4 is 20.7 Å². The number of nitriles is 1. The van der Waals surface area contributed by atoms with E-state index in [-0.39, 0.29) is 0 Å². The van der Waals surface area contributed by atoms with Gasteiger partial charge in [0, 0.05) is 61.0 Å². The molecule has 109 heavy (non-hydrogen) atoms. The number of nitrogens with zero attached hydrogens (tertiary/aromatic N) is 6. The minimum Gasteiger partial charge on any atom is -0.306 e. The monoisotopic (exact) mass is 1400 g/mol. The summed E-state index contributed by atoms with van der Waals surface area (Å²) in [7, 11) is -3.24.